The van der Waals surface area contributed by atoms with Crippen molar-refractivity contribution in [2.24, 2.45) is 16.3 Å². The van der Waals surface area contributed by atoms with Crippen molar-refractivity contribution < 1.29 is 13.2 Å². The minimum atomic E-state index is -3.44. The zero-order chi connectivity index (χ0) is 12.1. The molecule has 15 heavy (non-hydrogen) atoms. The molecule has 90 valence electrons. The smallest absolute Gasteiger partial charge is 0.226 e. The monoisotopic (exact) mass is 237 g/mol. The summed E-state index contributed by atoms with van der Waals surface area (Å²) in [6.45, 7) is 3.98. The maximum atomic E-state index is 11.4. The molecule has 0 rings (SSSR count). The third-order valence-electron chi connectivity index (χ3n) is 2.02. The zero-order valence-electron chi connectivity index (χ0n) is 9.12. The van der Waals surface area contributed by atoms with Crippen molar-refractivity contribution in [2.45, 2.75) is 20.3 Å². The molecular weight excluding hydrogens is 218 g/mol. The van der Waals surface area contributed by atoms with Gasteiger partial charge in [-0.1, -0.05) is 0 Å². The number of rotatable bonds is 6. The topological polar surface area (TPSA) is 115 Å². The van der Waals surface area contributed by atoms with Crippen LogP contribution in [0.1, 0.15) is 20.3 Å². The van der Waals surface area contributed by atoms with E-state index in [0.717, 1.165) is 0 Å². The lowest BCUT2D eigenvalue weighted by Gasteiger charge is -2.21. The van der Waals surface area contributed by atoms with Gasteiger partial charge in [0.15, 0.2) is 0 Å². The Labute approximate surface area is 90.4 Å². The molecule has 6 nitrogen and oxygen atoms in total. The maximum Gasteiger partial charge on any atom is 0.226 e. The molecule has 0 aliphatic heterocycles. The van der Waals surface area contributed by atoms with E-state index in [1.807, 2.05) is 0 Å². The fraction of sp³-hybridized carbons (Fsp3) is 0.875. The van der Waals surface area contributed by atoms with Crippen LogP contribution in [0, 0.1) is 5.41 Å². The molecule has 0 saturated heterocycles. The first-order valence-electron chi connectivity index (χ1n) is 4.68. The SMILES string of the molecule is CC(C)(CN)C(=O)NCCCS(N)(=O)=O. The van der Waals surface area contributed by atoms with Gasteiger partial charge in [-0.3, -0.25) is 4.79 Å². The second kappa shape index (κ2) is 5.43. The van der Waals surface area contributed by atoms with Gasteiger partial charge in [-0.25, -0.2) is 13.6 Å². The highest BCUT2D eigenvalue weighted by atomic mass is 32.2. The normalized spacial score (nSPS) is 12.5. The average molecular weight is 237 g/mol. The highest BCUT2D eigenvalue weighted by Crippen LogP contribution is 2.11. The molecule has 0 aromatic rings. The summed E-state index contributed by atoms with van der Waals surface area (Å²) in [6, 6.07) is 0. The van der Waals surface area contributed by atoms with Crippen LogP contribution < -0.4 is 16.2 Å². The first-order valence-corrected chi connectivity index (χ1v) is 6.39. The van der Waals surface area contributed by atoms with Crippen LogP contribution in [0.5, 0.6) is 0 Å². The van der Waals surface area contributed by atoms with Crippen LogP contribution in [0.4, 0.5) is 0 Å². The molecule has 0 fully saturated rings. The van der Waals surface area contributed by atoms with E-state index in [1.165, 1.54) is 0 Å². The third kappa shape index (κ3) is 6.43. The lowest BCUT2D eigenvalue weighted by molar-refractivity contribution is -0.128. The average Bonchev–Trinajstić information content (AvgIpc) is 2.10. The van der Waals surface area contributed by atoms with Crippen molar-refractivity contribution in [1.82, 2.24) is 5.32 Å². The Morgan fingerprint density at radius 1 is 1.40 bits per heavy atom. The predicted octanol–water partition coefficient (Wildman–Crippen LogP) is -1.23. The Kier molecular flexibility index (Phi) is 5.19. The Morgan fingerprint density at radius 2 is 1.93 bits per heavy atom. The number of nitrogens with one attached hydrogen (secondary N) is 1. The molecule has 0 aromatic heterocycles. The Balaban J connectivity index is 3.84. The van der Waals surface area contributed by atoms with Crippen molar-refractivity contribution in [3.63, 3.8) is 0 Å². The summed E-state index contributed by atoms with van der Waals surface area (Å²) in [5.41, 5.74) is 4.78. The van der Waals surface area contributed by atoms with Gasteiger partial charge in [0.25, 0.3) is 0 Å². The molecule has 0 bridgehead atoms. The zero-order valence-corrected chi connectivity index (χ0v) is 9.93. The van der Waals surface area contributed by atoms with Crippen molar-refractivity contribution in [3.05, 3.63) is 0 Å². The molecule has 0 saturated carbocycles. The summed E-state index contributed by atoms with van der Waals surface area (Å²) < 4.78 is 21.1. The van der Waals surface area contributed by atoms with Gasteiger partial charge in [0.1, 0.15) is 0 Å². The van der Waals surface area contributed by atoms with Gasteiger partial charge in [-0.2, -0.15) is 0 Å². The first-order chi connectivity index (χ1) is 6.69. The number of primary sulfonamides is 1. The van der Waals surface area contributed by atoms with Crippen LogP contribution in [0.15, 0.2) is 0 Å². The van der Waals surface area contributed by atoms with Crippen LogP contribution in [0.2, 0.25) is 0 Å². The van der Waals surface area contributed by atoms with Gasteiger partial charge in [0.05, 0.1) is 11.2 Å². The van der Waals surface area contributed by atoms with Gasteiger partial charge in [-0.05, 0) is 20.3 Å². The fourth-order valence-corrected chi connectivity index (χ4v) is 1.35. The van der Waals surface area contributed by atoms with E-state index in [-0.39, 0.29) is 18.2 Å². The molecule has 0 heterocycles. The molecule has 0 spiro atoms. The summed E-state index contributed by atoms with van der Waals surface area (Å²) in [5, 5.41) is 7.41. The van der Waals surface area contributed by atoms with E-state index in [0.29, 0.717) is 13.0 Å². The van der Waals surface area contributed by atoms with Crippen molar-refractivity contribution in [3.8, 4) is 0 Å². The number of carbonyl (C=O) groups excluding carboxylic acids is 1. The molecule has 0 aliphatic rings. The molecular formula is C8H19N3O3S. The van der Waals surface area contributed by atoms with Crippen LogP contribution in [-0.2, 0) is 14.8 Å². The molecule has 0 aliphatic carbocycles. The summed E-state index contributed by atoms with van der Waals surface area (Å²) in [6.07, 6.45) is 0.311. The number of sulfonamides is 1. The minimum absolute atomic E-state index is 0.129. The highest BCUT2D eigenvalue weighted by molar-refractivity contribution is 7.89. The molecule has 0 radical (unpaired) electrons. The standard InChI is InChI=1S/C8H19N3O3S/c1-8(2,6-9)7(12)11-4-3-5-15(10,13)14/h3-6,9H2,1-2H3,(H,11,12)(H2,10,13,14). The van der Waals surface area contributed by atoms with E-state index in [4.69, 9.17) is 10.9 Å². The Hall–Kier alpha value is -0.660. The number of carbonyl (C=O) groups is 1. The molecule has 5 N–H and O–H groups in total. The van der Waals surface area contributed by atoms with E-state index in [1.54, 1.807) is 13.8 Å². The molecule has 1 amide bonds. The Morgan fingerprint density at radius 3 is 2.33 bits per heavy atom. The fourth-order valence-electron chi connectivity index (χ4n) is 0.807. The lowest BCUT2D eigenvalue weighted by atomic mass is 9.93. The predicted molar refractivity (Wildman–Crippen MR) is 58.4 cm³/mol. The molecule has 0 aromatic carbocycles. The number of hydrogen-bond donors (Lipinski definition) is 3. The second-order valence-electron chi connectivity index (χ2n) is 4.06. The quantitative estimate of drug-likeness (QED) is 0.501. The third-order valence-corrected chi connectivity index (χ3v) is 2.87. The molecule has 7 heteroatoms. The number of hydrogen-bond acceptors (Lipinski definition) is 4. The van der Waals surface area contributed by atoms with E-state index < -0.39 is 15.4 Å². The van der Waals surface area contributed by atoms with Crippen LogP contribution in [0.25, 0.3) is 0 Å². The Bertz CT molecular complexity index is 311. The lowest BCUT2D eigenvalue weighted by Crippen LogP contribution is -2.42. The van der Waals surface area contributed by atoms with E-state index in [9.17, 15) is 13.2 Å². The summed E-state index contributed by atoms with van der Waals surface area (Å²) in [5.74, 6) is -0.310. The first kappa shape index (κ1) is 14.3. The largest absolute Gasteiger partial charge is 0.356 e. The van der Waals surface area contributed by atoms with Crippen LogP contribution in [-0.4, -0.2) is 33.2 Å². The van der Waals surface area contributed by atoms with Gasteiger partial charge in [0, 0.05) is 13.1 Å². The van der Waals surface area contributed by atoms with E-state index >= 15 is 0 Å². The van der Waals surface area contributed by atoms with Gasteiger partial charge in [-0.15, -0.1) is 0 Å². The summed E-state index contributed by atoms with van der Waals surface area (Å²) in [7, 11) is -3.44. The van der Waals surface area contributed by atoms with Gasteiger partial charge >= 0.3 is 0 Å². The summed E-state index contributed by atoms with van der Waals surface area (Å²) in [4.78, 5) is 11.4. The van der Waals surface area contributed by atoms with Gasteiger partial charge < -0.3 is 11.1 Å². The summed E-state index contributed by atoms with van der Waals surface area (Å²) >= 11 is 0. The van der Waals surface area contributed by atoms with E-state index in [2.05, 4.69) is 5.32 Å². The number of amides is 1. The molecule has 0 unspecified atom stereocenters. The van der Waals surface area contributed by atoms with Crippen molar-refractivity contribution >= 4 is 15.9 Å². The van der Waals surface area contributed by atoms with Crippen molar-refractivity contribution in [1.29, 1.82) is 0 Å². The maximum absolute atomic E-state index is 11.4. The second-order valence-corrected chi connectivity index (χ2v) is 5.80. The number of nitrogens with two attached hydrogens (primary N) is 2. The minimum Gasteiger partial charge on any atom is -0.356 e. The van der Waals surface area contributed by atoms with Crippen LogP contribution in [0.3, 0.4) is 0 Å². The molecule has 0 atom stereocenters. The van der Waals surface area contributed by atoms with Crippen molar-refractivity contribution in [2.75, 3.05) is 18.8 Å². The highest BCUT2D eigenvalue weighted by Gasteiger charge is 2.24. The van der Waals surface area contributed by atoms with Crippen LogP contribution >= 0.6 is 0 Å². The van der Waals surface area contributed by atoms with Gasteiger partial charge in [0.2, 0.25) is 15.9 Å².